The molecule has 2 rings (SSSR count). The van der Waals surface area contributed by atoms with Gasteiger partial charge in [0.25, 0.3) is 5.91 Å². The largest absolute Gasteiger partial charge is 0.397 e. The zero-order chi connectivity index (χ0) is 13.8. The lowest BCUT2D eigenvalue weighted by molar-refractivity contribution is 0.101. The molecule has 1 heterocycles. The molecule has 0 aliphatic heterocycles. The van der Waals surface area contributed by atoms with Crippen LogP contribution in [0.3, 0.4) is 0 Å². The van der Waals surface area contributed by atoms with Crippen LogP contribution in [0, 0.1) is 0 Å². The normalized spacial score (nSPS) is 9.95. The first-order valence-electron chi connectivity index (χ1n) is 5.70. The van der Waals surface area contributed by atoms with Gasteiger partial charge in [0, 0.05) is 11.3 Å². The van der Waals surface area contributed by atoms with Crippen LogP contribution in [-0.2, 0) is 0 Å². The van der Waals surface area contributed by atoms with Crippen molar-refractivity contribution in [2.45, 2.75) is 6.92 Å². The molecule has 0 saturated carbocycles. The van der Waals surface area contributed by atoms with Crippen molar-refractivity contribution in [3.63, 3.8) is 0 Å². The smallest absolute Gasteiger partial charge is 0.274 e. The molecule has 0 unspecified atom stereocenters. The quantitative estimate of drug-likeness (QED) is 0.822. The predicted molar refractivity (Wildman–Crippen MR) is 73.0 cm³/mol. The van der Waals surface area contributed by atoms with E-state index in [0.29, 0.717) is 16.9 Å². The van der Waals surface area contributed by atoms with Crippen LogP contribution in [0.2, 0.25) is 0 Å². The fourth-order valence-electron chi connectivity index (χ4n) is 1.52. The first-order valence-corrected chi connectivity index (χ1v) is 5.70. The maximum Gasteiger partial charge on any atom is 0.274 e. The van der Waals surface area contributed by atoms with E-state index in [2.05, 4.69) is 10.3 Å². The average Bonchev–Trinajstić information content (AvgIpc) is 2.40. The molecule has 5 nitrogen and oxygen atoms in total. The molecule has 0 fully saturated rings. The van der Waals surface area contributed by atoms with Crippen LogP contribution < -0.4 is 11.1 Å². The summed E-state index contributed by atoms with van der Waals surface area (Å²) in [4.78, 5) is 26.9. The summed E-state index contributed by atoms with van der Waals surface area (Å²) in [7, 11) is 0. The van der Waals surface area contributed by atoms with Crippen LogP contribution in [0.15, 0.2) is 42.6 Å². The van der Waals surface area contributed by atoms with Gasteiger partial charge in [-0.05, 0) is 43.3 Å². The van der Waals surface area contributed by atoms with Crippen molar-refractivity contribution in [3.05, 3.63) is 53.9 Å². The summed E-state index contributed by atoms with van der Waals surface area (Å²) in [5.41, 5.74) is 7.49. The van der Waals surface area contributed by atoms with Crippen LogP contribution in [-0.4, -0.2) is 16.7 Å². The maximum atomic E-state index is 11.9. The monoisotopic (exact) mass is 255 g/mol. The number of amides is 1. The molecule has 1 aromatic carbocycles. The highest BCUT2D eigenvalue weighted by Gasteiger charge is 2.07. The molecule has 1 amide bonds. The molecule has 0 aliphatic carbocycles. The molecule has 0 saturated heterocycles. The first-order chi connectivity index (χ1) is 9.06. The van der Waals surface area contributed by atoms with E-state index in [9.17, 15) is 9.59 Å². The Hall–Kier alpha value is -2.69. The number of rotatable bonds is 3. The minimum absolute atomic E-state index is 0.0157. The Balaban J connectivity index is 2.10. The summed E-state index contributed by atoms with van der Waals surface area (Å²) in [6, 6.07) is 9.83. The molecular formula is C14H13N3O2. The third-order valence-electron chi connectivity index (χ3n) is 2.57. The number of Topliss-reactive ketones (excluding diaryl/α,β-unsaturated/α-hetero) is 1. The van der Waals surface area contributed by atoms with Gasteiger partial charge in [-0.2, -0.15) is 0 Å². The summed E-state index contributed by atoms with van der Waals surface area (Å²) in [6.45, 7) is 1.49. The lowest BCUT2D eigenvalue weighted by Crippen LogP contribution is -2.13. The van der Waals surface area contributed by atoms with Gasteiger partial charge in [-0.1, -0.05) is 0 Å². The van der Waals surface area contributed by atoms with E-state index in [0.717, 1.165) is 0 Å². The summed E-state index contributed by atoms with van der Waals surface area (Å²) < 4.78 is 0. The second kappa shape index (κ2) is 5.30. The highest BCUT2D eigenvalue weighted by molar-refractivity contribution is 6.03. The molecule has 3 N–H and O–H groups in total. The predicted octanol–water partition coefficient (Wildman–Crippen LogP) is 2.12. The van der Waals surface area contributed by atoms with Crippen LogP contribution in [0.25, 0.3) is 0 Å². The number of carbonyl (C=O) groups is 2. The molecule has 96 valence electrons. The van der Waals surface area contributed by atoms with Gasteiger partial charge in [-0.25, -0.2) is 4.98 Å². The average molecular weight is 255 g/mol. The highest BCUT2D eigenvalue weighted by Crippen LogP contribution is 2.11. The molecule has 0 spiro atoms. The van der Waals surface area contributed by atoms with Crippen molar-refractivity contribution in [2.24, 2.45) is 0 Å². The number of nitrogens with zero attached hydrogens (tertiary/aromatic N) is 1. The minimum Gasteiger partial charge on any atom is -0.397 e. The van der Waals surface area contributed by atoms with Crippen LogP contribution in [0.5, 0.6) is 0 Å². The van der Waals surface area contributed by atoms with E-state index in [1.54, 1.807) is 36.4 Å². The van der Waals surface area contributed by atoms with Crippen molar-refractivity contribution in [1.29, 1.82) is 0 Å². The van der Waals surface area contributed by atoms with Gasteiger partial charge < -0.3 is 11.1 Å². The molecule has 0 radical (unpaired) electrons. The Bertz CT molecular complexity index is 604. The summed E-state index contributed by atoms with van der Waals surface area (Å²) in [6.07, 6.45) is 1.42. The second-order valence-electron chi connectivity index (χ2n) is 4.06. The number of ketones is 1. The Labute approximate surface area is 110 Å². The Morgan fingerprint density at radius 1 is 1.11 bits per heavy atom. The third kappa shape index (κ3) is 3.16. The van der Waals surface area contributed by atoms with Gasteiger partial charge >= 0.3 is 0 Å². The molecule has 0 bridgehead atoms. The first kappa shape index (κ1) is 12.8. The lowest BCUT2D eigenvalue weighted by Gasteiger charge is -2.05. The fourth-order valence-corrected chi connectivity index (χ4v) is 1.52. The number of hydrogen-bond donors (Lipinski definition) is 2. The summed E-state index contributed by atoms with van der Waals surface area (Å²) in [5.74, 6) is -0.339. The van der Waals surface area contributed by atoms with Crippen molar-refractivity contribution in [1.82, 2.24) is 4.98 Å². The SMILES string of the molecule is CC(=O)c1ccc(NC(=O)c2ccc(N)cn2)cc1. The van der Waals surface area contributed by atoms with Gasteiger partial charge in [0.05, 0.1) is 11.9 Å². The second-order valence-corrected chi connectivity index (χ2v) is 4.06. The Morgan fingerprint density at radius 2 is 1.79 bits per heavy atom. The maximum absolute atomic E-state index is 11.9. The number of anilines is 2. The van der Waals surface area contributed by atoms with Crippen molar-refractivity contribution in [2.75, 3.05) is 11.1 Å². The fraction of sp³-hybridized carbons (Fsp3) is 0.0714. The number of nitrogens with one attached hydrogen (secondary N) is 1. The number of benzene rings is 1. The third-order valence-corrected chi connectivity index (χ3v) is 2.57. The summed E-state index contributed by atoms with van der Waals surface area (Å²) in [5, 5.41) is 2.69. The molecular weight excluding hydrogens is 242 g/mol. The van der Waals surface area contributed by atoms with Crippen molar-refractivity contribution in [3.8, 4) is 0 Å². The molecule has 2 aromatic rings. The van der Waals surface area contributed by atoms with Gasteiger partial charge in [-0.3, -0.25) is 9.59 Å². The van der Waals surface area contributed by atoms with E-state index in [1.807, 2.05) is 0 Å². The van der Waals surface area contributed by atoms with Gasteiger partial charge in [0.1, 0.15) is 5.69 Å². The van der Waals surface area contributed by atoms with E-state index < -0.39 is 0 Å². The Morgan fingerprint density at radius 3 is 2.32 bits per heavy atom. The number of aromatic nitrogens is 1. The number of pyridine rings is 1. The minimum atomic E-state index is -0.324. The van der Waals surface area contributed by atoms with Gasteiger partial charge in [0.2, 0.25) is 0 Å². The van der Waals surface area contributed by atoms with E-state index >= 15 is 0 Å². The molecule has 0 atom stereocenters. The van der Waals surface area contributed by atoms with Gasteiger partial charge in [0.15, 0.2) is 5.78 Å². The van der Waals surface area contributed by atoms with Crippen LogP contribution in [0.4, 0.5) is 11.4 Å². The van der Waals surface area contributed by atoms with E-state index in [1.165, 1.54) is 13.1 Å². The number of nitrogens with two attached hydrogens (primary N) is 1. The molecule has 0 aliphatic rings. The molecule has 5 heteroatoms. The Kier molecular flexibility index (Phi) is 3.56. The van der Waals surface area contributed by atoms with Crippen molar-refractivity contribution < 1.29 is 9.59 Å². The van der Waals surface area contributed by atoms with E-state index in [4.69, 9.17) is 5.73 Å². The van der Waals surface area contributed by atoms with E-state index in [-0.39, 0.29) is 17.4 Å². The molecule has 19 heavy (non-hydrogen) atoms. The lowest BCUT2D eigenvalue weighted by atomic mass is 10.1. The highest BCUT2D eigenvalue weighted by atomic mass is 16.2. The van der Waals surface area contributed by atoms with Crippen molar-refractivity contribution >= 4 is 23.1 Å². The van der Waals surface area contributed by atoms with Crippen LogP contribution in [0.1, 0.15) is 27.8 Å². The molecule has 1 aromatic heterocycles. The zero-order valence-corrected chi connectivity index (χ0v) is 10.4. The number of carbonyl (C=O) groups excluding carboxylic acids is 2. The standard InChI is InChI=1S/C14H13N3O2/c1-9(18)10-2-5-12(6-3-10)17-14(19)13-7-4-11(15)8-16-13/h2-8H,15H2,1H3,(H,17,19). The van der Waals surface area contributed by atoms with Crippen LogP contribution >= 0.6 is 0 Å². The van der Waals surface area contributed by atoms with Gasteiger partial charge in [-0.15, -0.1) is 0 Å². The zero-order valence-electron chi connectivity index (χ0n) is 10.4. The topological polar surface area (TPSA) is 85.1 Å². The number of hydrogen-bond acceptors (Lipinski definition) is 4. The number of nitrogen functional groups attached to an aromatic ring is 1. The summed E-state index contributed by atoms with van der Waals surface area (Å²) >= 11 is 0.